The number of hydrogen-bond acceptors (Lipinski definition) is 5. The number of nitrogens with zero attached hydrogens (tertiary/aromatic N) is 4. The van der Waals surface area contributed by atoms with Gasteiger partial charge in [0.2, 0.25) is 0 Å². The Hall–Kier alpha value is -1.79. The van der Waals surface area contributed by atoms with Crippen LogP contribution in [0.4, 0.5) is 0 Å². The second-order valence-electron chi connectivity index (χ2n) is 5.18. The largest absolute Gasteiger partial charge is 0.392 e. The van der Waals surface area contributed by atoms with Crippen molar-refractivity contribution in [1.29, 1.82) is 0 Å². The zero-order valence-electron chi connectivity index (χ0n) is 11.3. The van der Waals surface area contributed by atoms with Gasteiger partial charge in [-0.1, -0.05) is 31.0 Å². The molecule has 1 aromatic carbocycles. The summed E-state index contributed by atoms with van der Waals surface area (Å²) in [5, 5.41) is 25.2. The fourth-order valence-electron chi connectivity index (χ4n) is 2.66. The maximum atomic E-state index is 9.96. The molecule has 2 aromatic rings. The van der Waals surface area contributed by atoms with Crippen molar-refractivity contribution < 1.29 is 5.11 Å². The standard InChI is InChI=1S/C14H19N5O/c20-13-9-5-4-8-12(13)15-10-14-16-17-18-19(14)11-6-2-1-3-7-11/h1-3,6-7,12-13,15,20H,4-5,8-10H2. The van der Waals surface area contributed by atoms with Crippen LogP contribution in [0.2, 0.25) is 0 Å². The van der Waals surface area contributed by atoms with Crippen LogP contribution in [0.5, 0.6) is 0 Å². The van der Waals surface area contributed by atoms with Gasteiger partial charge in [0, 0.05) is 6.04 Å². The van der Waals surface area contributed by atoms with Crippen LogP contribution in [-0.4, -0.2) is 37.5 Å². The van der Waals surface area contributed by atoms with E-state index in [-0.39, 0.29) is 12.1 Å². The SMILES string of the molecule is OC1CCCCC1NCc1nnnn1-c1ccccc1. The van der Waals surface area contributed by atoms with Gasteiger partial charge in [-0.15, -0.1) is 5.10 Å². The molecule has 0 spiro atoms. The van der Waals surface area contributed by atoms with Gasteiger partial charge in [-0.25, -0.2) is 0 Å². The first-order valence-corrected chi connectivity index (χ1v) is 7.09. The van der Waals surface area contributed by atoms with Crippen LogP contribution in [0.25, 0.3) is 5.69 Å². The Labute approximate surface area is 117 Å². The summed E-state index contributed by atoms with van der Waals surface area (Å²) >= 11 is 0. The van der Waals surface area contributed by atoms with Gasteiger partial charge in [-0.2, -0.15) is 4.68 Å². The highest BCUT2D eigenvalue weighted by atomic mass is 16.3. The minimum absolute atomic E-state index is 0.143. The Bertz CT molecular complexity index is 542. The third kappa shape index (κ3) is 2.86. The third-order valence-electron chi connectivity index (χ3n) is 3.79. The zero-order chi connectivity index (χ0) is 13.8. The van der Waals surface area contributed by atoms with E-state index in [0.29, 0.717) is 6.54 Å². The first-order chi connectivity index (χ1) is 9.84. The first kappa shape index (κ1) is 13.2. The summed E-state index contributed by atoms with van der Waals surface area (Å²) in [6.45, 7) is 0.559. The lowest BCUT2D eigenvalue weighted by atomic mass is 9.93. The molecule has 2 unspecified atom stereocenters. The molecule has 2 N–H and O–H groups in total. The average Bonchev–Trinajstić information content (AvgIpc) is 2.96. The molecule has 1 aliphatic carbocycles. The molecule has 2 atom stereocenters. The molecule has 0 amide bonds. The van der Waals surface area contributed by atoms with Gasteiger partial charge < -0.3 is 10.4 Å². The van der Waals surface area contributed by atoms with E-state index < -0.39 is 0 Å². The maximum Gasteiger partial charge on any atom is 0.170 e. The van der Waals surface area contributed by atoms with Crippen molar-refractivity contribution in [1.82, 2.24) is 25.5 Å². The smallest absolute Gasteiger partial charge is 0.170 e. The third-order valence-corrected chi connectivity index (χ3v) is 3.79. The van der Waals surface area contributed by atoms with Gasteiger partial charge in [0.05, 0.1) is 18.3 Å². The number of hydrogen-bond donors (Lipinski definition) is 2. The first-order valence-electron chi connectivity index (χ1n) is 7.09. The van der Waals surface area contributed by atoms with Crippen molar-refractivity contribution in [2.24, 2.45) is 0 Å². The Kier molecular flexibility index (Phi) is 4.03. The van der Waals surface area contributed by atoms with E-state index in [2.05, 4.69) is 20.8 Å². The van der Waals surface area contributed by atoms with Crippen LogP contribution < -0.4 is 5.32 Å². The van der Waals surface area contributed by atoms with E-state index in [1.807, 2.05) is 30.3 Å². The molecule has 0 radical (unpaired) electrons. The summed E-state index contributed by atoms with van der Waals surface area (Å²) in [7, 11) is 0. The van der Waals surface area contributed by atoms with Crippen molar-refractivity contribution in [3.63, 3.8) is 0 Å². The topological polar surface area (TPSA) is 75.9 Å². The highest BCUT2D eigenvalue weighted by Crippen LogP contribution is 2.18. The van der Waals surface area contributed by atoms with Crippen LogP contribution in [0.3, 0.4) is 0 Å². The molecule has 1 aromatic heterocycles. The fraction of sp³-hybridized carbons (Fsp3) is 0.500. The second kappa shape index (κ2) is 6.11. The number of aliphatic hydroxyl groups is 1. The molecule has 20 heavy (non-hydrogen) atoms. The van der Waals surface area contributed by atoms with E-state index in [1.54, 1.807) is 4.68 Å². The zero-order valence-corrected chi connectivity index (χ0v) is 11.3. The Balaban J connectivity index is 1.68. The summed E-state index contributed by atoms with van der Waals surface area (Å²) in [5.74, 6) is 0.758. The Morgan fingerprint density at radius 1 is 1.20 bits per heavy atom. The van der Waals surface area contributed by atoms with Crippen LogP contribution in [0, 0.1) is 0 Å². The van der Waals surface area contributed by atoms with Crippen molar-refractivity contribution >= 4 is 0 Å². The summed E-state index contributed by atoms with van der Waals surface area (Å²) in [6, 6.07) is 9.96. The summed E-state index contributed by atoms with van der Waals surface area (Å²) in [6.07, 6.45) is 3.90. The predicted molar refractivity (Wildman–Crippen MR) is 74.3 cm³/mol. The van der Waals surface area contributed by atoms with E-state index in [1.165, 1.54) is 6.42 Å². The van der Waals surface area contributed by atoms with Crippen molar-refractivity contribution in [3.05, 3.63) is 36.2 Å². The van der Waals surface area contributed by atoms with Crippen molar-refractivity contribution in [3.8, 4) is 5.69 Å². The van der Waals surface area contributed by atoms with Gasteiger partial charge in [-0.05, 0) is 35.4 Å². The van der Waals surface area contributed by atoms with E-state index in [4.69, 9.17) is 0 Å². The normalized spacial score (nSPS) is 22.9. The molecule has 6 nitrogen and oxygen atoms in total. The van der Waals surface area contributed by atoms with Crippen LogP contribution in [-0.2, 0) is 6.54 Å². The molecule has 1 saturated carbocycles. The number of tetrazole rings is 1. The number of para-hydroxylation sites is 1. The number of benzene rings is 1. The van der Waals surface area contributed by atoms with Crippen LogP contribution in [0.15, 0.2) is 30.3 Å². The highest BCUT2D eigenvalue weighted by Gasteiger charge is 2.23. The molecule has 1 heterocycles. The lowest BCUT2D eigenvalue weighted by Crippen LogP contribution is -2.42. The molecular formula is C14H19N5O. The van der Waals surface area contributed by atoms with Gasteiger partial charge in [0.25, 0.3) is 0 Å². The van der Waals surface area contributed by atoms with Gasteiger partial charge in [0.1, 0.15) is 0 Å². The molecule has 3 rings (SSSR count). The average molecular weight is 273 g/mol. The monoisotopic (exact) mass is 273 g/mol. The molecule has 0 bridgehead atoms. The predicted octanol–water partition coefficient (Wildman–Crippen LogP) is 1.06. The quantitative estimate of drug-likeness (QED) is 0.871. The lowest BCUT2D eigenvalue weighted by molar-refractivity contribution is 0.0898. The number of nitrogens with one attached hydrogen (secondary N) is 1. The molecule has 1 aliphatic rings. The Morgan fingerprint density at radius 2 is 2.00 bits per heavy atom. The highest BCUT2D eigenvalue weighted by molar-refractivity contribution is 5.30. The minimum atomic E-state index is -0.259. The van der Waals surface area contributed by atoms with Gasteiger partial charge >= 0.3 is 0 Å². The molecular weight excluding hydrogens is 254 g/mol. The Morgan fingerprint density at radius 3 is 2.80 bits per heavy atom. The maximum absolute atomic E-state index is 9.96. The number of aromatic nitrogens is 4. The number of rotatable bonds is 4. The fourth-order valence-corrected chi connectivity index (χ4v) is 2.66. The van der Waals surface area contributed by atoms with Crippen LogP contribution in [0.1, 0.15) is 31.5 Å². The molecule has 106 valence electrons. The van der Waals surface area contributed by atoms with E-state index in [9.17, 15) is 5.11 Å². The molecule has 0 aliphatic heterocycles. The lowest BCUT2D eigenvalue weighted by Gasteiger charge is -2.28. The second-order valence-corrected chi connectivity index (χ2v) is 5.18. The van der Waals surface area contributed by atoms with E-state index >= 15 is 0 Å². The van der Waals surface area contributed by atoms with Gasteiger partial charge in [0.15, 0.2) is 5.82 Å². The summed E-state index contributed by atoms with van der Waals surface area (Å²) in [4.78, 5) is 0. The van der Waals surface area contributed by atoms with Gasteiger partial charge in [-0.3, -0.25) is 0 Å². The molecule has 1 fully saturated rings. The van der Waals surface area contributed by atoms with E-state index in [0.717, 1.165) is 30.8 Å². The number of aliphatic hydroxyl groups excluding tert-OH is 1. The van der Waals surface area contributed by atoms with Crippen molar-refractivity contribution in [2.45, 2.75) is 44.4 Å². The summed E-state index contributed by atoms with van der Waals surface area (Å²) < 4.78 is 1.72. The molecule has 0 saturated heterocycles. The molecule has 6 heteroatoms. The minimum Gasteiger partial charge on any atom is -0.392 e. The van der Waals surface area contributed by atoms with Crippen molar-refractivity contribution in [2.75, 3.05) is 0 Å². The summed E-state index contributed by atoms with van der Waals surface area (Å²) in [5.41, 5.74) is 0.943. The van der Waals surface area contributed by atoms with Crippen LogP contribution >= 0.6 is 0 Å².